The molecule has 0 bridgehead atoms. The number of hydrogen-bond acceptors (Lipinski definition) is 3. The van der Waals surface area contributed by atoms with E-state index in [0.29, 0.717) is 11.3 Å². The zero-order chi connectivity index (χ0) is 15.1. The summed E-state index contributed by atoms with van der Waals surface area (Å²) in [6.07, 6.45) is -1.06. The molecule has 4 nitrogen and oxygen atoms in total. The second-order valence-corrected chi connectivity index (χ2v) is 5.51. The zero-order valence-electron chi connectivity index (χ0n) is 12.3. The van der Waals surface area contributed by atoms with E-state index in [9.17, 15) is 9.90 Å². The number of nitrogens with one attached hydrogen (secondary N) is 1. The molecule has 21 heavy (non-hydrogen) atoms. The largest absolute Gasteiger partial charge is 0.378 e. The maximum Gasteiger partial charge on any atom is 0.257 e. The average Bonchev–Trinajstić information content (AvgIpc) is 2.73. The van der Waals surface area contributed by atoms with Crippen LogP contribution < -0.4 is 10.2 Å². The molecule has 0 spiro atoms. The minimum absolute atomic E-state index is 0.365. The predicted octanol–water partition coefficient (Wildman–Crippen LogP) is 3.06. The second kappa shape index (κ2) is 4.90. The monoisotopic (exact) mass is 282 g/mol. The number of anilines is 3. The quantitative estimate of drug-likeness (QED) is 0.890. The molecule has 2 N–H and O–H groups in total. The molecule has 1 atom stereocenters. The third kappa shape index (κ3) is 2.28. The summed E-state index contributed by atoms with van der Waals surface area (Å²) in [5.41, 5.74) is 5.83. The number of hydrogen-bond donors (Lipinski definition) is 2. The van der Waals surface area contributed by atoms with Crippen LogP contribution in [0.4, 0.5) is 17.1 Å². The Morgan fingerprint density at radius 2 is 1.90 bits per heavy atom. The SMILES string of the molecule is Cc1ccc(N(C)c2ccc3c(c2)NC(=O)C3O)c(C)c1. The van der Waals surface area contributed by atoms with E-state index >= 15 is 0 Å². The Balaban J connectivity index is 1.98. The zero-order valence-corrected chi connectivity index (χ0v) is 12.3. The van der Waals surface area contributed by atoms with E-state index in [0.717, 1.165) is 11.4 Å². The van der Waals surface area contributed by atoms with Crippen LogP contribution in [0.15, 0.2) is 36.4 Å². The Bertz CT molecular complexity index is 725. The maximum atomic E-state index is 11.5. The van der Waals surface area contributed by atoms with Gasteiger partial charge in [0.05, 0.1) is 0 Å². The Morgan fingerprint density at radius 1 is 1.14 bits per heavy atom. The highest BCUT2D eigenvalue weighted by molar-refractivity contribution is 6.02. The van der Waals surface area contributed by atoms with Crippen LogP contribution in [0.2, 0.25) is 0 Å². The molecule has 0 saturated carbocycles. The topological polar surface area (TPSA) is 52.6 Å². The molecule has 1 unspecified atom stereocenters. The molecule has 2 aromatic rings. The van der Waals surface area contributed by atoms with Gasteiger partial charge in [-0.15, -0.1) is 0 Å². The first kappa shape index (κ1) is 13.6. The molecule has 0 aromatic heterocycles. The first-order valence-corrected chi connectivity index (χ1v) is 6.91. The van der Waals surface area contributed by atoms with E-state index < -0.39 is 6.10 Å². The highest BCUT2D eigenvalue weighted by Gasteiger charge is 2.28. The molecule has 2 aromatic carbocycles. The van der Waals surface area contributed by atoms with Gasteiger partial charge in [0, 0.05) is 29.7 Å². The molecule has 3 rings (SSSR count). The van der Waals surface area contributed by atoms with Gasteiger partial charge in [-0.3, -0.25) is 4.79 Å². The van der Waals surface area contributed by atoms with Crippen LogP contribution in [-0.4, -0.2) is 18.1 Å². The molecule has 1 heterocycles. The van der Waals surface area contributed by atoms with Crippen LogP contribution >= 0.6 is 0 Å². The molecule has 4 heteroatoms. The Labute approximate surface area is 124 Å². The van der Waals surface area contributed by atoms with Crippen molar-refractivity contribution < 1.29 is 9.90 Å². The van der Waals surface area contributed by atoms with Crippen molar-refractivity contribution in [2.45, 2.75) is 20.0 Å². The summed E-state index contributed by atoms with van der Waals surface area (Å²) in [7, 11) is 1.99. The van der Waals surface area contributed by atoms with Gasteiger partial charge in [0.15, 0.2) is 6.10 Å². The van der Waals surface area contributed by atoms with Gasteiger partial charge in [-0.2, -0.15) is 0 Å². The van der Waals surface area contributed by atoms with Gasteiger partial charge in [-0.25, -0.2) is 0 Å². The maximum absolute atomic E-state index is 11.5. The van der Waals surface area contributed by atoms with Crippen molar-refractivity contribution in [1.82, 2.24) is 0 Å². The van der Waals surface area contributed by atoms with Gasteiger partial charge in [0.2, 0.25) is 0 Å². The molecular weight excluding hydrogens is 264 g/mol. The van der Waals surface area contributed by atoms with Crippen LogP contribution in [0.1, 0.15) is 22.8 Å². The van der Waals surface area contributed by atoms with Crippen LogP contribution in [0.5, 0.6) is 0 Å². The fourth-order valence-electron chi connectivity index (χ4n) is 2.76. The van der Waals surface area contributed by atoms with Crippen molar-refractivity contribution in [3.05, 3.63) is 53.1 Å². The molecule has 0 saturated heterocycles. The highest BCUT2D eigenvalue weighted by atomic mass is 16.3. The van der Waals surface area contributed by atoms with E-state index in [-0.39, 0.29) is 5.91 Å². The molecular formula is C17H18N2O2. The number of nitrogens with zero attached hydrogens (tertiary/aromatic N) is 1. The predicted molar refractivity (Wildman–Crippen MR) is 84.0 cm³/mol. The normalized spacial score (nSPS) is 16.6. The minimum Gasteiger partial charge on any atom is -0.378 e. The number of benzene rings is 2. The van der Waals surface area contributed by atoms with Crippen molar-refractivity contribution in [3.63, 3.8) is 0 Å². The number of aliphatic hydroxyl groups is 1. The average molecular weight is 282 g/mol. The summed E-state index contributed by atoms with van der Waals surface area (Å²) in [4.78, 5) is 13.6. The fourth-order valence-corrected chi connectivity index (χ4v) is 2.76. The molecule has 1 amide bonds. The summed E-state index contributed by atoms with van der Waals surface area (Å²) in [6.45, 7) is 4.15. The number of aliphatic hydroxyl groups excluding tert-OH is 1. The molecule has 0 aliphatic carbocycles. The van der Waals surface area contributed by atoms with Crippen LogP contribution in [-0.2, 0) is 4.79 Å². The number of carbonyl (C=O) groups is 1. The first-order chi connectivity index (χ1) is 9.97. The third-order valence-electron chi connectivity index (χ3n) is 3.94. The molecule has 0 radical (unpaired) electrons. The van der Waals surface area contributed by atoms with Gasteiger partial charge in [-0.1, -0.05) is 23.8 Å². The standard InChI is InChI=1S/C17H18N2O2/c1-10-4-7-15(11(2)8-10)19(3)12-5-6-13-14(9-12)18-17(21)16(13)20/h4-9,16,20H,1-3H3,(H,18,21). The summed E-state index contributed by atoms with van der Waals surface area (Å²) < 4.78 is 0. The van der Waals surface area contributed by atoms with Crippen molar-refractivity contribution in [3.8, 4) is 0 Å². The Kier molecular flexibility index (Phi) is 3.18. The summed E-state index contributed by atoms with van der Waals surface area (Å²) >= 11 is 0. The van der Waals surface area contributed by atoms with Gasteiger partial charge in [0.25, 0.3) is 5.91 Å². The number of carbonyl (C=O) groups excluding carboxylic acids is 1. The smallest absolute Gasteiger partial charge is 0.257 e. The fraction of sp³-hybridized carbons (Fsp3) is 0.235. The van der Waals surface area contributed by atoms with Crippen molar-refractivity contribution in [1.29, 1.82) is 0 Å². The Hall–Kier alpha value is -2.33. The van der Waals surface area contributed by atoms with E-state index in [1.54, 1.807) is 6.07 Å². The molecule has 1 aliphatic rings. The summed E-state index contributed by atoms with van der Waals surface area (Å²) in [6, 6.07) is 11.9. The molecule has 108 valence electrons. The summed E-state index contributed by atoms with van der Waals surface area (Å²) in [5.74, 6) is -0.365. The van der Waals surface area contributed by atoms with Gasteiger partial charge in [0.1, 0.15) is 0 Å². The third-order valence-corrected chi connectivity index (χ3v) is 3.94. The second-order valence-electron chi connectivity index (χ2n) is 5.51. The van der Waals surface area contributed by atoms with E-state index in [1.807, 2.05) is 19.2 Å². The molecule has 1 aliphatic heterocycles. The lowest BCUT2D eigenvalue weighted by Crippen LogP contribution is -2.11. The van der Waals surface area contributed by atoms with Crippen molar-refractivity contribution in [2.75, 3.05) is 17.3 Å². The summed E-state index contributed by atoms with van der Waals surface area (Å²) in [5, 5.41) is 12.4. The number of amides is 1. The number of rotatable bonds is 2. The lowest BCUT2D eigenvalue weighted by Gasteiger charge is -2.22. The first-order valence-electron chi connectivity index (χ1n) is 6.91. The van der Waals surface area contributed by atoms with Crippen LogP contribution in [0.3, 0.4) is 0 Å². The number of fused-ring (bicyclic) bond motifs is 1. The van der Waals surface area contributed by atoms with Crippen molar-refractivity contribution in [2.24, 2.45) is 0 Å². The Morgan fingerprint density at radius 3 is 2.62 bits per heavy atom. The van der Waals surface area contributed by atoms with E-state index in [2.05, 4.69) is 42.3 Å². The highest BCUT2D eigenvalue weighted by Crippen LogP contribution is 2.36. The van der Waals surface area contributed by atoms with Gasteiger partial charge < -0.3 is 15.3 Å². The van der Waals surface area contributed by atoms with E-state index in [1.165, 1.54) is 11.1 Å². The molecule has 0 fully saturated rings. The van der Waals surface area contributed by atoms with E-state index in [4.69, 9.17) is 0 Å². The van der Waals surface area contributed by atoms with Gasteiger partial charge >= 0.3 is 0 Å². The minimum atomic E-state index is -1.06. The van der Waals surface area contributed by atoms with Crippen molar-refractivity contribution >= 4 is 23.0 Å². The lowest BCUT2D eigenvalue weighted by atomic mass is 10.1. The number of aryl methyl sites for hydroxylation is 2. The lowest BCUT2D eigenvalue weighted by molar-refractivity contribution is -0.123. The van der Waals surface area contributed by atoms with Crippen LogP contribution in [0, 0.1) is 13.8 Å². The van der Waals surface area contributed by atoms with Gasteiger partial charge in [-0.05, 0) is 37.6 Å². The van der Waals surface area contributed by atoms with Crippen LogP contribution in [0.25, 0.3) is 0 Å².